The molecule has 2 aromatic carbocycles. The lowest BCUT2D eigenvalue weighted by atomic mass is 10.1. The maximum atomic E-state index is 9.28. The molecular weight excluding hydrogens is 260 g/mol. The van der Waals surface area contributed by atoms with Crippen LogP contribution < -0.4 is 4.74 Å². The summed E-state index contributed by atoms with van der Waals surface area (Å²) in [6.45, 7) is 4.04. The summed E-state index contributed by atoms with van der Waals surface area (Å²) in [7, 11) is 0. The summed E-state index contributed by atoms with van der Waals surface area (Å²) < 4.78 is 5.83. The Morgan fingerprint density at radius 3 is 2.43 bits per heavy atom. The van der Waals surface area contributed by atoms with Gasteiger partial charge in [-0.3, -0.25) is 0 Å². The van der Waals surface area contributed by atoms with Crippen molar-refractivity contribution in [1.29, 1.82) is 5.26 Å². The van der Waals surface area contributed by atoms with Crippen LogP contribution in [0, 0.1) is 25.2 Å². The van der Waals surface area contributed by atoms with Gasteiger partial charge in [-0.2, -0.15) is 5.26 Å². The van der Waals surface area contributed by atoms with Gasteiger partial charge in [0.25, 0.3) is 0 Å². The van der Waals surface area contributed by atoms with Crippen LogP contribution in [0.3, 0.4) is 0 Å². The second kappa shape index (κ2) is 5.26. The van der Waals surface area contributed by atoms with Crippen molar-refractivity contribution in [3.05, 3.63) is 65.2 Å². The SMILES string of the molecule is Cc1cc(C)cc(Oc2cc(C#N)c3ccccc3n2)c1. The van der Waals surface area contributed by atoms with Crippen molar-refractivity contribution in [2.45, 2.75) is 13.8 Å². The first-order chi connectivity index (χ1) is 10.2. The minimum atomic E-state index is 0.440. The Hall–Kier alpha value is -2.86. The molecule has 0 fully saturated rings. The van der Waals surface area contributed by atoms with Crippen molar-refractivity contribution in [2.24, 2.45) is 0 Å². The van der Waals surface area contributed by atoms with Crippen molar-refractivity contribution in [3.8, 4) is 17.7 Å². The van der Waals surface area contributed by atoms with Crippen molar-refractivity contribution in [2.75, 3.05) is 0 Å². The fourth-order valence-corrected chi connectivity index (χ4v) is 2.41. The van der Waals surface area contributed by atoms with Gasteiger partial charge in [0.1, 0.15) is 11.8 Å². The summed E-state index contributed by atoms with van der Waals surface area (Å²) >= 11 is 0. The van der Waals surface area contributed by atoms with E-state index < -0.39 is 0 Å². The van der Waals surface area contributed by atoms with E-state index in [1.807, 2.05) is 50.2 Å². The molecule has 0 saturated heterocycles. The van der Waals surface area contributed by atoms with Gasteiger partial charge >= 0.3 is 0 Å². The van der Waals surface area contributed by atoms with E-state index in [1.165, 1.54) is 0 Å². The number of benzene rings is 2. The molecule has 3 aromatic rings. The summed E-state index contributed by atoms with van der Waals surface area (Å²) in [6, 6.07) is 17.4. The number of fused-ring (bicyclic) bond motifs is 1. The lowest BCUT2D eigenvalue weighted by Gasteiger charge is -2.08. The second-order valence-corrected chi connectivity index (χ2v) is 5.06. The molecule has 0 spiro atoms. The van der Waals surface area contributed by atoms with E-state index in [0.29, 0.717) is 11.4 Å². The summed E-state index contributed by atoms with van der Waals surface area (Å²) in [5.41, 5.74) is 3.59. The summed E-state index contributed by atoms with van der Waals surface area (Å²) in [5, 5.41) is 10.1. The van der Waals surface area contributed by atoms with E-state index in [9.17, 15) is 5.26 Å². The maximum absolute atomic E-state index is 9.28. The van der Waals surface area contributed by atoms with E-state index in [1.54, 1.807) is 6.07 Å². The molecular formula is C18H14N2O. The van der Waals surface area contributed by atoms with E-state index in [-0.39, 0.29) is 0 Å². The number of hydrogen-bond acceptors (Lipinski definition) is 3. The van der Waals surface area contributed by atoms with Crippen molar-refractivity contribution in [3.63, 3.8) is 0 Å². The number of rotatable bonds is 2. The summed E-state index contributed by atoms with van der Waals surface area (Å²) in [4.78, 5) is 4.47. The molecule has 1 heterocycles. The molecule has 1 aromatic heterocycles. The van der Waals surface area contributed by atoms with Gasteiger partial charge in [0.05, 0.1) is 11.1 Å². The second-order valence-electron chi connectivity index (χ2n) is 5.06. The maximum Gasteiger partial charge on any atom is 0.221 e. The summed E-state index contributed by atoms with van der Waals surface area (Å²) in [6.07, 6.45) is 0. The van der Waals surface area contributed by atoms with Gasteiger partial charge < -0.3 is 4.74 Å². The molecule has 0 unspecified atom stereocenters. The summed E-state index contributed by atoms with van der Waals surface area (Å²) in [5.74, 6) is 1.18. The van der Waals surface area contributed by atoms with Crippen molar-refractivity contribution in [1.82, 2.24) is 4.98 Å². The molecule has 0 bridgehead atoms. The van der Waals surface area contributed by atoms with Gasteiger partial charge in [-0.05, 0) is 43.2 Å². The van der Waals surface area contributed by atoms with Crippen LogP contribution in [0.25, 0.3) is 10.9 Å². The van der Waals surface area contributed by atoms with E-state index >= 15 is 0 Å². The van der Waals surface area contributed by atoms with Crippen LogP contribution in [0.5, 0.6) is 11.6 Å². The quantitative estimate of drug-likeness (QED) is 0.690. The molecule has 0 atom stereocenters. The number of ether oxygens (including phenoxy) is 1. The van der Waals surface area contributed by atoms with Crippen LogP contribution in [-0.4, -0.2) is 4.98 Å². The van der Waals surface area contributed by atoms with Gasteiger partial charge in [-0.15, -0.1) is 0 Å². The highest BCUT2D eigenvalue weighted by atomic mass is 16.5. The zero-order chi connectivity index (χ0) is 14.8. The van der Waals surface area contributed by atoms with Crippen LogP contribution in [0.15, 0.2) is 48.5 Å². The molecule has 3 rings (SSSR count). The lowest BCUT2D eigenvalue weighted by Crippen LogP contribution is -1.92. The topological polar surface area (TPSA) is 45.9 Å². The average molecular weight is 274 g/mol. The third-order valence-electron chi connectivity index (χ3n) is 3.23. The highest BCUT2D eigenvalue weighted by Gasteiger charge is 2.07. The normalized spacial score (nSPS) is 10.3. The molecule has 0 radical (unpaired) electrons. The molecule has 0 saturated carbocycles. The molecule has 3 heteroatoms. The van der Waals surface area contributed by atoms with Gasteiger partial charge in [0.15, 0.2) is 0 Å². The van der Waals surface area contributed by atoms with Crippen molar-refractivity contribution >= 4 is 10.9 Å². The molecule has 0 N–H and O–H groups in total. The fraction of sp³-hybridized carbons (Fsp3) is 0.111. The number of nitriles is 1. The van der Waals surface area contributed by atoms with Crippen LogP contribution in [0.4, 0.5) is 0 Å². The Morgan fingerprint density at radius 1 is 1.00 bits per heavy atom. The Labute approximate surface area is 123 Å². The van der Waals surface area contributed by atoms with E-state index in [2.05, 4.69) is 17.1 Å². The molecule has 0 aliphatic carbocycles. The Bertz CT molecular complexity index is 842. The minimum absolute atomic E-state index is 0.440. The zero-order valence-electron chi connectivity index (χ0n) is 11.9. The van der Waals surface area contributed by atoms with Crippen LogP contribution in [0.1, 0.15) is 16.7 Å². The smallest absolute Gasteiger partial charge is 0.221 e. The lowest BCUT2D eigenvalue weighted by molar-refractivity contribution is 0.464. The molecule has 0 amide bonds. The minimum Gasteiger partial charge on any atom is -0.439 e. The van der Waals surface area contributed by atoms with Gasteiger partial charge in [-0.25, -0.2) is 4.98 Å². The van der Waals surface area contributed by atoms with Crippen molar-refractivity contribution < 1.29 is 4.74 Å². The highest BCUT2D eigenvalue weighted by molar-refractivity contribution is 5.85. The fourth-order valence-electron chi connectivity index (χ4n) is 2.41. The third-order valence-corrected chi connectivity index (χ3v) is 3.23. The molecule has 21 heavy (non-hydrogen) atoms. The number of pyridine rings is 1. The van der Waals surface area contributed by atoms with Gasteiger partial charge in [-0.1, -0.05) is 24.3 Å². The van der Waals surface area contributed by atoms with Gasteiger partial charge in [0.2, 0.25) is 5.88 Å². The third kappa shape index (κ3) is 2.70. The number of para-hydroxylation sites is 1. The first-order valence-corrected chi connectivity index (χ1v) is 6.72. The van der Waals surface area contributed by atoms with E-state index in [4.69, 9.17) is 4.74 Å². The number of nitrogens with zero attached hydrogens (tertiary/aromatic N) is 2. The van der Waals surface area contributed by atoms with Gasteiger partial charge in [0, 0.05) is 11.5 Å². The Morgan fingerprint density at radius 2 is 1.71 bits per heavy atom. The average Bonchev–Trinajstić information content (AvgIpc) is 2.45. The number of aryl methyl sites for hydroxylation is 2. The predicted octanol–water partition coefficient (Wildman–Crippen LogP) is 4.52. The standard InChI is InChI=1S/C18H14N2O/c1-12-7-13(2)9-15(8-12)21-18-10-14(11-19)16-5-3-4-6-17(16)20-18/h3-10H,1-2H3. The van der Waals surface area contributed by atoms with Crippen LogP contribution in [-0.2, 0) is 0 Å². The number of hydrogen-bond donors (Lipinski definition) is 0. The largest absolute Gasteiger partial charge is 0.439 e. The van der Waals surface area contributed by atoms with Crippen LogP contribution in [0.2, 0.25) is 0 Å². The zero-order valence-corrected chi connectivity index (χ0v) is 11.9. The monoisotopic (exact) mass is 274 g/mol. The molecule has 102 valence electrons. The number of aromatic nitrogens is 1. The highest BCUT2D eigenvalue weighted by Crippen LogP contribution is 2.26. The predicted molar refractivity (Wildman–Crippen MR) is 82.4 cm³/mol. The molecule has 0 aliphatic rings. The van der Waals surface area contributed by atoms with E-state index in [0.717, 1.165) is 27.8 Å². The first kappa shape index (κ1) is 13.1. The molecule has 0 aliphatic heterocycles. The first-order valence-electron chi connectivity index (χ1n) is 6.72. The molecule has 3 nitrogen and oxygen atoms in total. The Balaban J connectivity index is 2.07. The van der Waals surface area contributed by atoms with Crippen LogP contribution >= 0.6 is 0 Å². The Kier molecular flexibility index (Phi) is 3.29.